The molecule has 8 rings (SSSR count). The van der Waals surface area contributed by atoms with Crippen molar-refractivity contribution in [2.75, 3.05) is 79.0 Å². The molecular weight excluding hydrogens is 1070 g/mol. The summed E-state index contributed by atoms with van der Waals surface area (Å²) in [5.41, 5.74) is 3.91. The Morgan fingerprint density at radius 2 is 0.808 bits per heavy atom. The summed E-state index contributed by atoms with van der Waals surface area (Å²) in [6.45, 7) is 21.7. The van der Waals surface area contributed by atoms with Gasteiger partial charge in [-0.15, -0.1) is 0 Å². The molecule has 78 heavy (non-hydrogen) atoms. The molecule has 0 spiro atoms. The number of halogens is 1. The van der Waals surface area contributed by atoms with Crippen molar-refractivity contribution >= 4 is 57.9 Å². The van der Waals surface area contributed by atoms with Crippen molar-refractivity contribution in [2.45, 2.75) is 243 Å². The monoisotopic (exact) mass is 1170 g/mol. The van der Waals surface area contributed by atoms with Crippen LogP contribution in [0.4, 0.5) is 14.4 Å². The van der Waals surface area contributed by atoms with Crippen molar-refractivity contribution < 1.29 is 62.0 Å². The van der Waals surface area contributed by atoms with E-state index in [0.717, 1.165) is 57.7 Å². The molecule has 21 heteroatoms. The number of nitrogens with one attached hydrogen (secondary N) is 1. The van der Waals surface area contributed by atoms with Crippen molar-refractivity contribution in [1.29, 1.82) is 0 Å². The van der Waals surface area contributed by atoms with E-state index >= 15 is 0 Å². The number of alkyl halides is 1. The van der Waals surface area contributed by atoms with Crippen LogP contribution in [0.15, 0.2) is 0 Å². The Morgan fingerprint density at radius 3 is 1.10 bits per heavy atom. The first-order valence-corrected chi connectivity index (χ1v) is 30.0. The molecule has 0 aromatic heterocycles. The highest BCUT2D eigenvalue weighted by atomic mass is 79.9. The van der Waals surface area contributed by atoms with Crippen LogP contribution in [-0.2, 0) is 47.6 Å². The molecule has 5 aliphatic carbocycles. The van der Waals surface area contributed by atoms with Crippen molar-refractivity contribution in [3.05, 3.63) is 0 Å². The van der Waals surface area contributed by atoms with E-state index in [-0.39, 0.29) is 52.9 Å². The van der Waals surface area contributed by atoms with E-state index in [1.54, 1.807) is 9.80 Å². The van der Waals surface area contributed by atoms with Gasteiger partial charge in [-0.05, 0) is 152 Å². The van der Waals surface area contributed by atoms with Crippen molar-refractivity contribution in [2.24, 2.45) is 5.73 Å². The third-order valence-corrected chi connectivity index (χ3v) is 14.3. The summed E-state index contributed by atoms with van der Waals surface area (Å²) in [6.07, 6.45) is 20.7. The number of likely N-dealkylation sites (tertiary alicyclic amines) is 3. The van der Waals surface area contributed by atoms with E-state index in [1.807, 2.05) is 67.2 Å². The first kappa shape index (κ1) is 68.5. The topological polar surface area (TPSA) is 229 Å². The third kappa shape index (κ3) is 30.7. The summed E-state index contributed by atoms with van der Waals surface area (Å²) in [4.78, 5) is 89.0. The highest BCUT2D eigenvalue weighted by Crippen LogP contribution is 2.34. The number of rotatable bonds is 11. The van der Waals surface area contributed by atoms with Crippen LogP contribution in [0.3, 0.4) is 0 Å². The van der Waals surface area contributed by atoms with Crippen molar-refractivity contribution in [3.63, 3.8) is 0 Å². The van der Waals surface area contributed by atoms with Crippen LogP contribution < -0.4 is 11.1 Å². The zero-order valence-corrected chi connectivity index (χ0v) is 51.4. The molecule has 3 amide bonds. The van der Waals surface area contributed by atoms with Gasteiger partial charge in [0, 0.05) is 94.4 Å². The minimum Gasteiger partial charge on any atom is -0.468 e. The predicted octanol–water partition coefficient (Wildman–Crippen LogP) is 8.37. The van der Waals surface area contributed by atoms with Gasteiger partial charge >= 0.3 is 36.2 Å². The number of methoxy groups -OCH3 is 3. The normalized spacial score (nSPS) is 20.3. The van der Waals surface area contributed by atoms with E-state index in [0.29, 0.717) is 88.4 Å². The fourth-order valence-electron chi connectivity index (χ4n) is 9.03. The number of carbonyl (C=O) groups is 7. The molecule has 20 nitrogen and oxygen atoms in total. The highest BCUT2D eigenvalue weighted by molar-refractivity contribution is 9.09. The number of amides is 3. The lowest BCUT2D eigenvalue weighted by molar-refractivity contribution is -0.143. The molecular formula is C57H102BrN7O13. The smallest absolute Gasteiger partial charge is 0.410 e. The lowest BCUT2D eigenvalue weighted by Gasteiger charge is -2.38. The van der Waals surface area contributed by atoms with Crippen LogP contribution in [0.5, 0.6) is 0 Å². The largest absolute Gasteiger partial charge is 0.468 e. The number of nitrogens with zero attached hydrogens (tertiary/aromatic N) is 5. The van der Waals surface area contributed by atoms with Gasteiger partial charge in [0.25, 0.3) is 0 Å². The summed E-state index contributed by atoms with van der Waals surface area (Å²) in [5, 5.41) is 3.90. The van der Waals surface area contributed by atoms with Crippen molar-refractivity contribution in [1.82, 2.24) is 29.8 Å². The van der Waals surface area contributed by atoms with Gasteiger partial charge in [-0.3, -0.25) is 29.0 Å². The maximum Gasteiger partial charge on any atom is 0.410 e. The van der Waals surface area contributed by atoms with E-state index in [2.05, 4.69) is 35.8 Å². The van der Waals surface area contributed by atoms with Gasteiger partial charge in [-0.1, -0.05) is 35.2 Å². The molecule has 3 N–H and O–H groups in total. The van der Waals surface area contributed by atoms with Gasteiger partial charge < -0.3 is 54.2 Å². The Labute approximate surface area is 476 Å². The molecule has 5 saturated carbocycles. The summed E-state index contributed by atoms with van der Waals surface area (Å²) in [7, 11) is 4.26. The number of piperidine rings is 3. The Bertz CT molecular complexity index is 1820. The summed E-state index contributed by atoms with van der Waals surface area (Å²) >= 11 is 2.90. The molecule has 0 aromatic carbocycles. The van der Waals surface area contributed by atoms with Crippen molar-refractivity contribution in [3.8, 4) is 0 Å². The summed E-state index contributed by atoms with van der Waals surface area (Å²) < 4.78 is 29.8. The molecule has 0 aromatic rings. The summed E-state index contributed by atoms with van der Waals surface area (Å²) in [6, 6.07) is 4.12. The Balaban J connectivity index is 0.000000260. The average Bonchev–Trinajstić information content (AvgIpc) is 4.14. The molecule has 450 valence electrons. The Hall–Kier alpha value is -3.79. The molecule has 8 fully saturated rings. The second-order valence-electron chi connectivity index (χ2n) is 24.7. The van der Waals surface area contributed by atoms with Crippen LogP contribution in [0, 0.1) is 0 Å². The first-order valence-electron chi connectivity index (χ1n) is 28.9. The number of nitrogens with two attached hydrogens (primary N) is 1. The quantitative estimate of drug-likeness (QED) is 0.112. The van der Waals surface area contributed by atoms with Crippen LogP contribution in [0.1, 0.15) is 184 Å². The maximum absolute atomic E-state index is 12.1. The van der Waals surface area contributed by atoms with E-state index in [1.165, 1.54) is 92.0 Å². The molecule has 0 radical (unpaired) electrons. The number of esters is 3. The van der Waals surface area contributed by atoms with Gasteiger partial charge in [-0.2, -0.15) is 0 Å². The van der Waals surface area contributed by atoms with E-state index in [4.69, 9.17) is 29.4 Å². The van der Waals surface area contributed by atoms with Gasteiger partial charge in [0.2, 0.25) is 0 Å². The molecule has 0 bridgehead atoms. The van der Waals surface area contributed by atoms with Gasteiger partial charge in [0.05, 0.1) is 34.4 Å². The Morgan fingerprint density at radius 1 is 0.487 bits per heavy atom. The number of Topliss-reactive ketones (excluding diaryl/α,β-unsaturated/α-hetero) is 1. The van der Waals surface area contributed by atoms with Crippen LogP contribution >= 0.6 is 15.9 Å². The average molecular weight is 1170 g/mol. The van der Waals surface area contributed by atoms with E-state index in [9.17, 15) is 33.6 Å². The fourth-order valence-corrected chi connectivity index (χ4v) is 9.25. The molecule has 0 unspecified atom stereocenters. The Kier molecular flexibility index (Phi) is 29.7. The molecule has 3 heterocycles. The van der Waals surface area contributed by atoms with Crippen LogP contribution in [0.25, 0.3) is 0 Å². The number of ether oxygens (including phenoxy) is 6. The lowest BCUT2D eigenvalue weighted by Crippen LogP contribution is -2.49. The van der Waals surface area contributed by atoms with Crippen LogP contribution in [0.2, 0.25) is 0 Å². The second-order valence-corrected chi connectivity index (χ2v) is 25.2. The summed E-state index contributed by atoms with van der Waals surface area (Å²) in [5.74, 6) is -0.270. The van der Waals surface area contributed by atoms with Gasteiger partial charge in [0.1, 0.15) is 27.9 Å². The number of carbonyl (C=O) groups excluding carboxylic acids is 7. The first-order chi connectivity index (χ1) is 36.6. The zero-order chi connectivity index (χ0) is 58.2. The predicted molar refractivity (Wildman–Crippen MR) is 303 cm³/mol. The number of ketones is 1. The lowest BCUT2D eigenvalue weighted by atomic mass is 9.94. The third-order valence-electron chi connectivity index (χ3n) is 13.9. The maximum atomic E-state index is 12.1. The molecule has 3 aliphatic heterocycles. The zero-order valence-electron chi connectivity index (χ0n) is 49.8. The number of hydrogen-bond donors (Lipinski definition) is 2. The van der Waals surface area contributed by atoms with E-state index < -0.39 is 11.2 Å². The SMILES string of the molecule is CC(C)(C)OC(=O)N1CCC(=O)CC1.CC(C)(C)OC(=O)N1CCC(NC2CC2)CC1.COC(=O)CBr.COC(=O)CN(C1CC1)C1CCN(C(=O)OC(C)(C)C)CC1.COC(=O)CN(C1CCCCC1)C1CC1.NC1CC1. The molecule has 3 saturated heterocycles. The van der Waals surface area contributed by atoms with Crippen LogP contribution in [-0.4, -0.2) is 205 Å². The molecule has 8 aliphatic rings. The number of hydrogen-bond acceptors (Lipinski definition) is 17. The standard InChI is InChI=1S/C16H28N2O4.C13H24N2O2.C12H21NO2.C10H17NO3.C3H5BrO2.C3H7N/c1-16(2,3)22-15(20)17-9-7-13(8-10-17)18(12-5-6-12)11-14(19)21-4;1-13(2,3)17-12(16)15-8-6-11(7-9-15)14-10-4-5-10;1-15-12(14)9-13(11-7-8-11)10-5-3-2-4-6-10;1-10(2,3)14-9(13)11-6-4-8(12)5-7-11;1-6-3(5)2-4;4-3-1-2-3/h12-13H,5-11H2,1-4H3;10-11,14H,4-9H2,1-3H3;10-11H,2-9H2,1H3;4-7H2,1-3H3;2H2,1H3;3H,1-2,4H2. The fraction of sp³-hybridized carbons (Fsp3) is 0.877. The highest BCUT2D eigenvalue weighted by Gasteiger charge is 2.39. The second kappa shape index (κ2) is 33.8. The molecule has 0 atom stereocenters. The minimum atomic E-state index is -0.460. The van der Waals surface area contributed by atoms with Gasteiger partial charge in [-0.25, -0.2) is 14.4 Å². The van der Waals surface area contributed by atoms with Gasteiger partial charge in [0.15, 0.2) is 0 Å². The minimum absolute atomic E-state index is 0.0764.